The molecule has 3 N–H and O–H groups in total. The number of hydrogen-bond donors (Lipinski definition) is 3. The molecular weight excluding hydrogens is 304 g/mol. The molecule has 2 atom stereocenters. The van der Waals surface area contributed by atoms with E-state index in [4.69, 9.17) is 19.3 Å². The Balaban J connectivity index is 2.78. The summed E-state index contributed by atoms with van der Waals surface area (Å²) in [7, 11) is 0. The number of esters is 1. The largest absolute Gasteiger partial charge is 0.490 e. The number of ether oxygens (including phenoxy) is 3. The van der Waals surface area contributed by atoms with Gasteiger partial charge in [-0.05, 0) is 20.3 Å². The SMILES string of the molecule is CCCCCCOC1=C(OCC(C)(C)O)C(=O)O[C@@H]1[C@@H](O)CO. The molecule has 134 valence electrons. The average molecular weight is 332 g/mol. The molecule has 0 spiro atoms. The molecule has 7 nitrogen and oxygen atoms in total. The molecule has 0 aromatic carbocycles. The van der Waals surface area contributed by atoms with E-state index in [-0.39, 0.29) is 18.1 Å². The maximum absolute atomic E-state index is 11.9. The van der Waals surface area contributed by atoms with E-state index in [0.717, 1.165) is 25.7 Å². The molecule has 0 radical (unpaired) electrons. The minimum absolute atomic E-state index is 0.0808. The second-order valence-electron chi connectivity index (χ2n) is 6.28. The van der Waals surface area contributed by atoms with Gasteiger partial charge in [-0.3, -0.25) is 0 Å². The molecular formula is C16H28O7. The molecule has 23 heavy (non-hydrogen) atoms. The highest BCUT2D eigenvalue weighted by Crippen LogP contribution is 2.28. The van der Waals surface area contributed by atoms with E-state index >= 15 is 0 Å². The van der Waals surface area contributed by atoms with Crippen molar-refractivity contribution in [2.75, 3.05) is 19.8 Å². The molecule has 1 heterocycles. The number of rotatable bonds is 11. The number of carbonyl (C=O) groups excluding carboxylic acids is 1. The van der Waals surface area contributed by atoms with Gasteiger partial charge in [0.2, 0.25) is 5.76 Å². The Morgan fingerprint density at radius 3 is 2.52 bits per heavy atom. The van der Waals surface area contributed by atoms with Crippen LogP contribution in [0, 0.1) is 0 Å². The van der Waals surface area contributed by atoms with Gasteiger partial charge < -0.3 is 29.5 Å². The number of aliphatic hydroxyl groups is 3. The van der Waals surface area contributed by atoms with Crippen LogP contribution in [-0.2, 0) is 19.0 Å². The van der Waals surface area contributed by atoms with Crippen LogP contribution in [0.3, 0.4) is 0 Å². The summed E-state index contributed by atoms with van der Waals surface area (Å²) in [6.07, 6.45) is 1.60. The third kappa shape index (κ3) is 6.37. The van der Waals surface area contributed by atoms with Crippen LogP contribution in [0.1, 0.15) is 46.5 Å². The normalized spacial score (nSPS) is 19.7. The van der Waals surface area contributed by atoms with Crippen molar-refractivity contribution in [3.05, 3.63) is 11.5 Å². The van der Waals surface area contributed by atoms with E-state index in [1.807, 2.05) is 0 Å². The summed E-state index contributed by atoms with van der Waals surface area (Å²) in [5.74, 6) is -0.840. The van der Waals surface area contributed by atoms with Gasteiger partial charge in [-0.1, -0.05) is 26.2 Å². The van der Waals surface area contributed by atoms with Gasteiger partial charge in [-0.25, -0.2) is 4.79 Å². The first kappa shape index (κ1) is 19.7. The Kier molecular flexibility index (Phi) is 7.81. The summed E-state index contributed by atoms with van der Waals surface area (Å²) in [6, 6.07) is 0. The van der Waals surface area contributed by atoms with Crippen LogP contribution in [0.5, 0.6) is 0 Å². The zero-order chi connectivity index (χ0) is 17.5. The topological polar surface area (TPSA) is 105 Å². The van der Waals surface area contributed by atoms with Crippen LogP contribution >= 0.6 is 0 Å². The third-order valence-electron chi connectivity index (χ3n) is 3.26. The van der Waals surface area contributed by atoms with Crippen LogP contribution in [0.2, 0.25) is 0 Å². The Hall–Kier alpha value is -1.31. The zero-order valence-electron chi connectivity index (χ0n) is 14.1. The lowest BCUT2D eigenvalue weighted by Crippen LogP contribution is -2.32. The van der Waals surface area contributed by atoms with Gasteiger partial charge in [-0.15, -0.1) is 0 Å². The van der Waals surface area contributed by atoms with Crippen LogP contribution in [0.15, 0.2) is 11.5 Å². The lowest BCUT2D eigenvalue weighted by molar-refractivity contribution is -0.149. The quantitative estimate of drug-likeness (QED) is 0.381. The van der Waals surface area contributed by atoms with Crippen molar-refractivity contribution in [2.24, 2.45) is 0 Å². The number of carbonyl (C=O) groups is 1. The summed E-state index contributed by atoms with van der Waals surface area (Å²) in [4.78, 5) is 11.9. The summed E-state index contributed by atoms with van der Waals surface area (Å²) in [5.41, 5.74) is -1.13. The minimum atomic E-state index is -1.28. The number of aliphatic hydroxyl groups excluding tert-OH is 2. The first-order valence-corrected chi connectivity index (χ1v) is 8.02. The first-order valence-electron chi connectivity index (χ1n) is 8.02. The Bertz CT molecular complexity index is 411. The van der Waals surface area contributed by atoms with Gasteiger partial charge >= 0.3 is 5.97 Å². The molecule has 0 unspecified atom stereocenters. The molecule has 0 aromatic heterocycles. The molecule has 7 heteroatoms. The highest BCUT2D eigenvalue weighted by atomic mass is 16.6. The molecule has 1 aliphatic heterocycles. The van der Waals surface area contributed by atoms with Gasteiger partial charge in [0.25, 0.3) is 0 Å². The van der Waals surface area contributed by atoms with E-state index in [9.17, 15) is 15.0 Å². The number of cyclic esters (lactones) is 1. The van der Waals surface area contributed by atoms with Gasteiger partial charge in [0.15, 0.2) is 11.9 Å². The minimum Gasteiger partial charge on any atom is -0.490 e. The van der Waals surface area contributed by atoms with E-state index in [2.05, 4.69) is 6.92 Å². The van der Waals surface area contributed by atoms with Crippen molar-refractivity contribution in [2.45, 2.75) is 64.3 Å². The molecule has 0 aliphatic carbocycles. The van der Waals surface area contributed by atoms with Crippen LogP contribution in [0.4, 0.5) is 0 Å². The maximum atomic E-state index is 11.9. The summed E-state index contributed by atoms with van der Waals surface area (Å²) in [5, 5.41) is 28.6. The second-order valence-corrected chi connectivity index (χ2v) is 6.28. The fourth-order valence-electron chi connectivity index (χ4n) is 2.04. The molecule has 0 saturated heterocycles. The van der Waals surface area contributed by atoms with Crippen LogP contribution < -0.4 is 0 Å². The lowest BCUT2D eigenvalue weighted by atomic mass is 10.1. The summed E-state index contributed by atoms with van der Waals surface area (Å²) < 4.78 is 16.0. The van der Waals surface area contributed by atoms with Crippen molar-refractivity contribution in [3.8, 4) is 0 Å². The zero-order valence-corrected chi connectivity index (χ0v) is 14.1. The van der Waals surface area contributed by atoms with Gasteiger partial charge in [0.05, 0.1) is 18.8 Å². The third-order valence-corrected chi connectivity index (χ3v) is 3.26. The average Bonchev–Trinajstić information content (AvgIpc) is 2.79. The second kappa shape index (κ2) is 9.10. The van der Waals surface area contributed by atoms with Crippen molar-refractivity contribution >= 4 is 5.97 Å². The molecule has 1 rings (SSSR count). The predicted molar refractivity (Wildman–Crippen MR) is 82.3 cm³/mol. The highest BCUT2D eigenvalue weighted by molar-refractivity contribution is 5.89. The molecule has 0 amide bonds. The van der Waals surface area contributed by atoms with Crippen molar-refractivity contribution in [1.29, 1.82) is 0 Å². The van der Waals surface area contributed by atoms with Gasteiger partial charge in [0.1, 0.15) is 12.7 Å². The molecule has 0 fully saturated rings. The highest BCUT2D eigenvalue weighted by Gasteiger charge is 2.42. The van der Waals surface area contributed by atoms with E-state index in [0.29, 0.717) is 6.61 Å². The Labute approximate surface area is 136 Å². The van der Waals surface area contributed by atoms with Crippen molar-refractivity contribution in [3.63, 3.8) is 0 Å². The maximum Gasteiger partial charge on any atom is 0.378 e. The Morgan fingerprint density at radius 1 is 1.26 bits per heavy atom. The molecule has 0 saturated carbocycles. The molecule has 0 aromatic rings. The number of unbranched alkanes of at least 4 members (excludes halogenated alkanes) is 3. The number of hydrogen-bond acceptors (Lipinski definition) is 7. The Morgan fingerprint density at radius 2 is 1.96 bits per heavy atom. The van der Waals surface area contributed by atoms with Crippen LogP contribution in [-0.4, -0.2) is 58.9 Å². The van der Waals surface area contributed by atoms with Crippen molar-refractivity contribution in [1.82, 2.24) is 0 Å². The van der Waals surface area contributed by atoms with E-state index in [1.165, 1.54) is 0 Å². The fraction of sp³-hybridized carbons (Fsp3) is 0.812. The summed E-state index contributed by atoms with van der Waals surface area (Å²) >= 11 is 0. The standard InChI is InChI=1S/C16H28O7/c1-4-5-6-7-8-21-13-12(11(18)9-17)23-15(19)14(13)22-10-16(2,3)20/h11-12,17-18,20H,4-10H2,1-3H3/t11-,12+/m0/s1. The van der Waals surface area contributed by atoms with E-state index in [1.54, 1.807) is 13.8 Å². The first-order chi connectivity index (χ1) is 10.8. The van der Waals surface area contributed by atoms with Crippen molar-refractivity contribution < 1.29 is 34.3 Å². The van der Waals surface area contributed by atoms with Crippen LogP contribution in [0.25, 0.3) is 0 Å². The van der Waals surface area contributed by atoms with E-state index < -0.39 is 30.4 Å². The molecule has 1 aliphatic rings. The smallest absolute Gasteiger partial charge is 0.378 e. The van der Waals surface area contributed by atoms with Gasteiger partial charge in [-0.2, -0.15) is 0 Å². The fourth-order valence-corrected chi connectivity index (χ4v) is 2.04. The summed E-state index contributed by atoms with van der Waals surface area (Å²) in [6.45, 7) is 4.85. The molecule has 0 bridgehead atoms. The predicted octanol–water partition coefficient (Wildman–Crippen LogP) is 0.861. The monoisotopic (exact) mass is 332 g/mol. The van der Waals surface area contributed by atoms with Gasteiger partial charge in [0, 0.05) is 0 Å². The lowest BCUT2D eigenvalue weighted by Gasteiger charge is -2.19.